The first-order valence-corrected chi connectivity index (χ1v) is 12.4. The Kier molecular flexibility index (Phi) is 6.94. The Morgan fingerprint density at radius 1 is 1.31 bits per heavy atom. The van der Waals surface area contributed by atoms with Crippen molar-refractivity contribution in [1.82, 2.24) is 21.0 Å². The van der Waals surface area contributed by atoms with Crippen LogP contribution in [0.25, 0.3) is 10.9 Å². The molecule has 0 bridgehead atoms. The number of hydrogen-bond donors (Lipinski definition) is 4. The van der Waals surface area contributed by atoms with Crippen LogP contribution >= 0.6 is 11.6 Å². The van der Waals surface area contributed by atoms with Crippen LogP contribution in [-0.2, 0) is 0 Å². The molecule has 1 fully saturated rings. The molecule has 9 heteroatoms. The maximum Gasteiger partial charge on any atom is 0.123 e. The lowest BCUT2D eigenvalue weighted by Crippen LogP contribution is -2.38. The van der Waals surface area contributed by atoms with Crippen molar-refractivity contribution in [2.24, 2.45) is 0 Å². The molecule has 2 aromatic carbocycles. The Morgan fingerprint density at radius 2 is 2.11 bits per heavy atom. The molecule has 0 spiro atoms. The van der Waals surface area contributed by atoms with Crippen LogP contribution in [0, 0.1) is 17.1 Å². The van der Waals surface area contributed by atoms with Crippen molar-refractivity contribution in [3.05, 3.63) is 89.1 Å². The molecule has 0 unspecified atom stereocenters. The van der Waals surface area contributed by atoms with Gasteiger partial charge in [-0.1, -0.05) is 29.8 Å². The zero-order valence-electron chi connectivity index (χ0n) is 19.7. The van der Waals surface area contributed by atoms with Gasteiger partial charge in [-0.05, 0) is 55.5 Å². The van der Waals surface area contributed by atoms with Crippen LogP contribution in [0.1, 0.15) is 42.9 Å². The molecule has 184 valence electrons. The van der Waals surface area contributed by atoms with Crippen LogP contribution in [0.15, 0.2) is 67.1 Å². The number of aromatic nitrogens is 1. The van der Waals surface area contributed by atoms with Crippen LogP contribution in [0.5, 0.6) is 0 Å². The number of nitrogens with zero attached hydrogens (tertiary/aromatic N) is 3. The molecule has 1 saturated carbocycles. The van der Waals surface area contributed by atoms with E-state index in [1.165, 1.54) is 12.1 Å². The fourth-order valence-electron chi connectivity index (χ4n) is 4.28. The van der Waals surface area contributed by atoms with E-state index in [9.17, 15) is 9.65 Å². The summed E-state index contributed by atoms with van der Waals surface area (Å²) in [4.78, 5) is 4.44. The van der Waals surface area contributed by atoms with Gasteiger partial charge in [0.2, 0.25) is 0 Å². The second-order valence-electron chi connectivity index (χ2n) is 8.96. The number of unbranched alkanes of at least 4 members (excludes halogenated alkanes) is 1. The number of hydrogen-bond acceptors (Lipinski definition) is 7. The highest BCUT2D eigenvalue weighted by molar-refractivity contribution is 6.35. The van der Waals surface area contributed by atoms with E-state index in [0.717, 1.165) is 48.0 Å². The highest BCUT2D eigenvalue weighted by Crippen LogP contribution is 2.36. The number of hydrazine groups is 2. The molecular formula is C27H27ClFN7. The van der Waals surface area contributed by atoms with Crippen LogP contribution in [-0.4, -0.2) is 22.6 Å². The summed E-state index contributed by atoms with van der Waals surface area (Å²) in [5.41, 5.74) is 10.8. The van der Waals surface area contributed by atoms with Gasteiger partial charge in [0.05, 0.1) is 33.5 Å². The molecule has 1 aromatic heterocycles. The molecular weight excluding hydrogens is 477 g/mol. The van der Waals surface area contributed by atoms with Gasteiger partial charge in [0, 0.05) is 36.1 Å². The SMILES string of the molecule is C=CCCCNc1c(C#N)cnc2c(Cl)cc(N[C@H](C3=CN(C4CC4)NN3)c3ccc(F)cc3)cc12. The monoisotopic (exact) mass is 503 g/mol. The normalized spacial score (nSPS) is 15.7. The third-order valence-electron chi connectivity index (χ3n) is 6.31. The second kappa shape index (κ2) is 10.4. The summed E-state index contributed by atoms with van der Waals surface area (Å²) >= 11 is 6.67. The second-order valence-corrected chi connectivity index (χ2v) is 9.37. The zero-order chi connectivity index (χ0) is 25.1. The average Bonchev–Trinajstić information content (AvgIpc) is 3.62. The van der Waals surface area contributed by atoms with E-state index in [1.54, 1.807) is 18.3 Å². The summed E-state index contributed by atoms with van der Waals surface area (Å²) in [5.74, 6) is -0.292. The Morgan fingerprint density at radius 3 is 2.83 bits per heavy atom. The molecule has 0 saturated heterocycles. The first-order valence-electron chi connectivity index (χ1n) is 12.0. The van der Waals surface area contributed by atoms with E-state index >= 15 is 0 Å². The molecule has 1 atom stereocenters. The summed E-state index contributed by atoms with van der Waals surface area (Å²) in [6, 6.07) is 12.6. The minimum Gasteiger partial charge on any atom is -0.383 e. The van der Waals surface area contributed by atoms with Gasteiger partial charge in [-0.3, -0.25) is 9.99 Å². The van der Waals surface area contributed by atoms with E-state index < -0.39 is 0 Å². The molecule has 0 radical (unpaired) electrons. The zero-order valence-corrected chi connectivity index (χ0v) is 20.4. The van der Waals surface area contributed by atoms with E-state index in [1.807, 2.05) is 24.4 Å². The molecule has 2 heterocycles. The maximum absolute atomic E-state index is 13.7. The van der Waals surface area contributed by atoms with Crippen molar-refractivity contribution in [3.63, 3.8) is 0 Å². The van der Waals surface area contributed by atoms with Crippen LogP contribution < -0.4 is 21.6 Å². The fraction of sp³-hybridized carbons (Fsp3) is 0.259. The molecule has 0 amide bonds. The predicted octanol–water partition coefficient (Wildman–Crippen LogP) is 5.76. The quantitative estimate of drug-likeness (QED) is 0.207. The lowest BCUT2D eigenvalue weighted by Gasteiger charge is -2.22. The predicted molar refractivity (Wildman–Crippen MR) is 141 cm³/mol. The van der Waals surface area contributed by atoms with E-state index in [0.29, 0.717) is 34.4 Å². The summed E-state index contributed by atoms with van der Waals surface area (Å²) in [7, 11) is 0. The molecule has 4 N–H and O–H groups in total. The van der Waals surface area contributed by atoms with Gasteiger partial charge in [-0.2, -0.15) is 5.26 Å². The van der Waals surface area contributed by atoms with Gasteiger partial charge in [0.1, 0.15) is 11.9 Å². The third-order valence-corrected chi connectivity index (χ3v) is 6.59. The number of nitriles is 1. The average molecular weight is 504 g/mol. The molecule has 5 rings (SSSR count). The van der Waals surface area contributed by atoms with Crippen molar-refractivity contribution in [2.45, 2.75) is 37.8 Å². The lowest BCUT2D eigenvalue weighted by atomic mass is 10.0. The summed E-state index contributed by atoms with van der Waals surface area (Å²) in [6.45, 7) is 4.45. The number of fused-ring (bicyclic) bond motifs is 1. The van der Waals surface area contributed by atoms with Crippen molar-refractivity contribution in [1.29, 1.82) is 5.26 Å². The first kappa shape index (κ1) is 23.9. The number of nitrogens with one attached hydrogen (secondary N) is 4. The fourth-order valence-corrected chi connectivity index (χ4v) is 4.55. The van der Waals surface area contributed by atoms with Crippen LogP contribution in [0.2, 0.25) is 5.02 Å². The Labute approximate surface area is 214 Å². The van der Waals surface area contributed by atoms with Gasteiger partial charge in [0.25, 0.3) is 0 Å². The number of rotatable bonds is 10. The van der Waals surface area contributed by atoms with E-state index in [2.05, 4.69) is 44.2 Å². The minimum absolute atomic E-state index is 0.292. The van der Waals surface area contributed by atoms with Gasteiger partial charge in [-0.25, -0.2) is 4.39 Å². The first-order chi connectivity index (χ1) is 17.6. The van der Waals surface area contributed by atoms with Crippen molar-refractivity contribution in [2.75, 3.05) is 17.2 Å². The summed E-state index contributed by atoms with van der Waals surface area (Å²) in [6.07, 6.45) is 9.51. The Balaban J connectivity index is 1.52. The molecule has 7 nitrogen and oxygen atoms in total. The molecule has 36 heavy (non-hydrogen) atoms. The van der Waals surface area contributed by atoms with Gasteiger partial charge < -0.3 is 16.1 Å². The van der Waals surface area contributed by atoms with Crippen molar-refractivity contribution in [3.8, 4) is 6.07 Å². The Hall–Kier alpha value is -3.80. The highest BCUT2D eigenvalue weighted by Gasteiger charge is 2.32. The van der Waals surface area contributed by atoms with Gasteiger partial charge in [-0.15, -0.1) is 12.1 Å². The standard InChI is InChI=1S/C27H27ClFN7/c1-2-3-4-11-31-25-18(14-30)15-32-27-22(25)12-20(13-23(27)28)33-26(17-5-7-19(29)8-6-17)24-16-36(35-34-24)21-9-10-21/h2,5-8,12-13,15-16,21,26,33-35H,1,3-4,9-11H2,(H,31,32)/t26-/m0/s1. The number of benzene rings is 2. The third kappa shape index (κ3) is 5.08. The summed E-state index contributed by atoms with van der Waals surface area (Å²) < 4.78 is 13.7. The highest BCUT2D eigenvalue weighted by atomic mass is 35.5. The molecule has 3 aromatic rings. The summed E-state index contributed by atoms with van der Waals surface area (Å²) in [5, 5.41) is 19.9. The van der Waals surface area contributed by atoms with Gasteiger partial charge >= 0.3 is 0 Å². The van der Waals surface area contributed by atoms with Crippen molar-refractivity contribution < 1.29 is 4.39 Å². The van der Waals surface area contributed by atoms with E-state index in [4.69, 9.17) is 11.6 Å². The number of halogens is 2. The molecule has 2 aliphatic rings. The maximum atomic E-state index is 13.7. The van der Waals surface area contributed by atoms with Crippen LogP contribution in [0.4, 0.5) is 15.8 Å². The smallest absolute Gasteiger partial charge is 0.123 e. The minimum atomic E-state index is -0.300. The van der Waals surface area contributed by atoms with Gasteiger partial charge in [0.15, 0.2) is 0 Å². The van der Waals surface area contributed by atoms with Crippen molar-refractivity contribution >= 4 is 33.9 Å². The number of anilines is 2. The molecule has 1 aliphatic carbocycles. The lowest BCUT2D eigenvalue weighted by molar-refractivity contribution is 0.260. The van der Waals surface area contributed by atoms with Crippen LogP contribution in [0.3, 0.4) is 0 Å². The largest absolute Gasteiger partial charge is 0.383 e. The Bertz CT molecular complexity index is 1340. The molecule has 1 aliphatic heterocycles. The topological polar surface area (TPSA) is 88.0 Å². The van der Waals surface area contributed by atoms with E-state index in [-0.39, 0.29) is 11.9 Å². The number of allylic oxidation sites excluding steroid dienone is 1. The number of pyridine rings is 1.